The van der Waals surface area contributed by atoms with Gasteiger partial charge in [-0.2, -0.15) is 0 Å². The van der Waals surface area contributed by atoms with Gasteiger partial charge in [0.25, 0.3) is 0 Å². The molecule has 1 N–H and O–H groups in total. The lowest BCUT2D eigenvalue weighted by atomic mass is 10.0. The third kappa shape index (κ3) is 14.2. The van der Waals surface area contributed by atoms with Crippen molar-refractivity contribution in [1.29, 1.82) is 0 Å². The SMILES string of the molecule is CCCCCCCCCCCCCCCCCCOc1ccc2ccccc2c1OC(C)=O.CO. The van der Waals surface area contributed by atoms with Crippen LogP contribution < -0.4 is 9.47 Å². The van der Waals surface area contributed by atoms with E-state index >= 15 is 0 Å². The van der Waals surface area contributed by atoms with E-state index in [9.17, 15) is 4.79 Å². The monoisotopic (exact) mass is 486 g/mol. The van der Waals surface area contributed by atoms with Crippen molar-refractivity contribution < 1.29 is 19.4 Å². The van der Waals surface area contributed by atoms with Crippen LogP contribution in [0, 0.1) is 0 Å². The smallest absolute Gasteiger partial charge is 0.308 e. The Morgan fingerprint density at radius 1 is 0.686 bits per heavy atom. The Morgan fingerprint density at radius 2 is 1.17 bits per heavy atom. The zero-order chi connectivity index (χ0) is 25.6. The van der Waals surface area contributed by atoms with E-state index in [1.54, 1.807) is 0 Å². The van der Waals surface area contributed by atoms with Gasteiger partial charge in [0.1, 0.15) is 0 Å². The summed E-state index contributed by atoms with van der Waals surface area (Å²) in [5.41, 5.74) is 0. The van der Waals surface area contributed by atoms with E-state index in [2.05, 4.69) is 6.92 Å². The van der Waals surface area contributed by atoms with Crippen molar-refractivity contribution in [2.75, 3.05) is 13.7 Å². The van der Waals surface area contributed by atoms with Crippen LogP contribution in [0.15, 0.2) is 36.4 Å². The summed E-state index contributed by atoms with van der Waals surface area (Å²) in [7, 11) is 1.00. The quantitative estimate of drug-likeness (QED) is 0.122. The highest BCUT2D eigenvalue weighted by atomic mass is 16.6. The summed E-state index contributed by atoms with van der Waals surface area (Å²) < 4.78 is 11.5. The van der Waals surface area contributed by atoms with Gasteiger partial charge >= 0.3 is 5.97 Å². The number of aliphatic hydroxyl groups is 1. The molecule has 0 unspecified atom stereocenters. The summed E-state index contributed by atoms with van der Waals surface area (Å²) >= 11 is 0. The minimum Gasteiger partial charge on any atom is -0.490 e. The van der Waals surface area contributed by atoms with E-state index in [0.717, 1.165) is 24.3 Å². The first kappa shape index (κ1) is 31.0. The highest BCUT2D eigenvalue weighted by molar-refractivity contribution is 5.92. The molecular formula is C31H50O4. The fourth-order valence-electron chi connectivity index (χ4n) is 4.42. The topological polar surface area (TPSA) is 55.8 Å². The molecular weight excluding hydrogens is 436 g/mol. The summed E-state index contributed by atoms with van der Waals surface area (Å²) in [6.45, 7) is 4.37. The number of aliphatic hydroxyl groups excluding tert-OH is 1. The predicted octanol–water partition coefficient (Wildman–Crippen LogP) is 9.01. The van der Waals surface area contributed by atoms with Gasteiger partial charge in [0, 0.05) is 19.4 Å². The van der Waals surface area contributed by atoms with Gasteiger partial charge in [-0.15, -0.1) is 0 Å². The van der Waals surface area contributed by atoms with E-state index in [4.69, 9.17) is 14.6 Å². The molecule has 35 heavy (non-hydrogen) atoms. The molecule has 0 saturated carbocycles. The number of benzene rings is 2. The third-order valence-corrected chi connectivity index (χ3v) is 6.34. The van der Waals surface area contributed by atoms with Crippen molar-refractivity contribution in [2.24, 2.45) is 0 Å². The maximum absolute atomic E-state index is 11.6. The molecule has 0 aliphatic carbocycles. The molecule has 0 fully saturated rings. The number of hydrogen-bond donors (Lipinski definition) is 1. The number of fused-ring (bicyclic) bond motifs is 1. The third-order valence-electron chi connectivity index (χ3n) is 6.34. The summed E-state index contributed by atoms with van der Waals surface area (Å²) in [5.74, 6) is 0.876. The van der Waals surface area contributed by atoms with Crippen molar-refractivity contribution in [3.05, 3.63) is 36.4 Å². The van der Waals surface area contributed by atoms with Crippen LogP contribution in [0.3, 0.4) is 0 Å². The minimum atomic E-state index is -0.321. The van der Waals surface area contributed by atoms with Crippen LogP contribution in [0.5, 0.6) is 11.5 Å². The zero-order valence-corrected chi connectivity index (χ0v) is 22.7. The van der Waals surface area contributed by atoms with Crippen LogP contribution >= 0.6 is 0 Å². The van der Waals surface area contributed by atoms with E-state index in [1.807, 2.05) is 36.4 Å². The second-order valence-corrected chi connectivity index (χ2v) is 9.36. The van der Waals surface area contributed by atoms with Crippen LogP contribution in [-0.2, 0) is 4.79 Å². The average Bonchev–Trinajstić information content (AvgIpc) is 2.88. The first-order chi connectivity index (χ1) is 17.2. The molecule has 4 heteroatoms. The normalized spacial score (nSPS) is 10.6. The Labute approximate surface area is 214 Å². The lowest BCUT2D eigenvalue weighted by Crippen LogP contribution is -2.05. The summed E-state index contributed by atoms with van der Waals surface area (Å²) in [6.07, 6.45) is 21.7. The molecule has 0 heterocycles. The second kappa shape index (κ2) is 21.2. The number of unbranched alkanes of at least 4 members (excludes halogenated alkanes) is 15. The van der Waals surface area contributed by atoms with Crippen molar-refractivity contribution in [3.8, 4) is 11.5 Å². The van der Waals surface area contributed by atoms with Gasteiger partial charge in [-0.3, -0.25) is 4.79 Å². The molecule has 0 atom stereocenters. The minimum absolute atomic E-state index is 0.321. The molecule has 198 valence electrons. The van der Waals surface area contributed by atoms with E-state index < -0.39 is 0 Å². The largest absolute Gasteiger partial charge is 0.490 e. The number of carbonyl (C=O) groups excluding carboxylic acids is 1. The van der Waals surface area contributed by atoms with Crippen LogP contribution in [-0.4, -0.2) is 24.8 Å². The van der Waals surface area contributed by atoms with Gasteiger partial charge in [0.15, 0.2) is 11.5 Å². The maximum atomic E-state index is 11.6. The van der Waals surface area contributed by atoms with Crippen LogP contribution in [0.1, 0.15) is 117 Å². The number of ether oxygens (including phenoxy) is 2. The van der Waals surface area contributed by atoms with Gasteiger partial charge in [-0.05, 0) is 17.9 Å². The van der Waals surface area contributed by atoms with E-state index in [1.165, 1.54) is 103 Å². The molecule has 2 aromatic rings. The molecule has 0 amide bonds. The highest BCUT2D eigenvalue weighted by Crippen LogP contribution is 2.36. The summed E-state index contributed by atoms with van der Waals surface area (Å²) in [6, 6.07) is 11.8. The van der Waals surface area contributed by atoms with Crippen molar-refractivity contribution in [2.45, 2.75) is 117 Å². The first-order valence-electron chi connectivity index (χ1n) is 14.0. The zero-order valence-electron chi connectivity index (χ0n) is 22.7. The van der Waals surface area contributed by atoms with Crippen LogP contribution in [0.2, 0.25) is 0 Å². The number of rotatable bonds is 19. The van der Waals surface area contributed by atoms with Crippen LogP contribution in [0.25, 0.3) is 10.8 Å². The molecule has 0 saturated heterocycles. The fourth-order valence-corrected chi connectivity index (χ4v) is 4.42. The molecule has 0 bridgehead atoms. The second-order valence-electron chi connectivity index (χ2n) is 9.36. The molecule has 0 radical (unpaired) electrons. The molecule has 4 nitrogen and oxygen atoms in total. The molecule has 0 aromatic heterocycles. The Hall–Kier alpha value is -2.07. The molecule has 0 aliphatic rings. The van der Waals surface area contributed by atoms with Gasteiger partial charge in [0.05, 0.1) is 6.61 Å². The van der Waals surface area contributed by atoms with Gasteiger partial charge in [-0.25, -0.2) is 0 Å². The number of hydrogen-bond acceptors (Lipinski definition) is 4. The van der Waals surface area contributed by atoms with E-state index in [-0.39, 0.29) is 5.97 Å². The Bertz CT molecular complexity index is 787. The van der Waals surface area contributed by atoms with Crippen LogP contribution in [0.4, 0.5) is 0 Å². The van der Waals surface area contributed by atoms with Gasteiger partial charge < -0.3 is 14.6 Å². The number of carbonyl (C=O) groups is 1. The highest BCUT2D eigenvalue weighted by Gasteiger charge is 2.12. The van der Waals surface area contributed by atoms with Gasteiger partial charge in [0.2, 0.25) is 0 Å². The first-order valence-corrected chi connectivity index (χ1v) is 14.0. The summed E-state index contributed by atoms with van der Waals surface area (Å²) in [4.78, 5) is 11.6. The maximum Gasteiger partial charge on any atom is 0.308 e. The van der Waals surface area contributed by atoms with Crippen molar-refractivity contribution in [3.63, 3.8) is 0 Å². The Kier molecular flexibility index (Phi) is 18.8. The van der Waals surface area contributed by atoms with Crippen molar-refractivity contribution >= 4 is 16.7 Å². The lowest BCUT2D eigenvalue weighted by molar-refractivity contribution is -0.131. The van der Waals surface area contributed by atoms with Gasteiger partial charge in [-0.1, -0.05) is 134 Å². The van der Waals surface area contributed by atoms with E-state index in [0.29, 0.717) is 18.1 Å². The Morgan fingerprint density at radius 3 is 1.69 bits per heavy atom. The van der Waals surface area contributed by atoms with Crippen molar-refractivity contribution in [1.82, 2.24) is 0 Å². The Balaban J connectivity index is 0.00000298. The standard InChI is InChI=1S/C30H46O3.CH4O/c1-3-4-5-6-7-8-9-10-11-12-13-14-15-16-17-20-25-32-29-24-23-27-21-18-19-22-28(27)30(29)33-26(2)31;1-2/h18-19,21-24H,3-17,20,25H2,1-2H3;2H,1H3. The molecule has 0 aliphatic heterocycles. The summed E-state index contributed by atoms with van der Waals surface area (Å²) in [5, 5.41) is 8.96. The predicted molar refractivity (Wildman–Crippen MR) is 148 cm³/mol. The number of esters is 1. The molecule has 2 rings (SSSR count). The molecule has 2 aromatic carbocycles. The molecule has 0 spiro atoms. The average molecular weight is 487 g/mol. The lowest BCUT2D eigenvalue weighted by Gasteiger charge is -2.13. The fraction of sp³-hybridized carbons (Fsp3) is 0.645.